The molecule has 1 atom stereocenters. The van der Waals surface area contributed by atoms with Crippen molar-refractivity contribution in [2.24, 2.45) is 5.41 Å². The van der Waals surface area contributed by atoms with E-state index in [1.807, 2.05) is 18.2 Å². The standard InChI is InChI=1S/C15H19NO5/c1-20-11-15(14(18)19)7-8-16(10-15)13(17)9-21-12-5-3-2-4-6-12/h2-6H,7-11H2,1H3,(H,18,19). The smallest absolute Gasteiger partial charge is 0.313 e. The van der Waals surface area contributed by atoms with Crippen LogP contribution in [0, 0.1) is 5.41 Å². The second-order valence-electron chi connectivity index (χ2n) is 5.19. The monoisotopic (exact) mass is 293 g/mol. The summed E-state index contributed by atoms with van der Waals surface area (Å²) in [6.07, 6.45) is 0.396. The minimum absolute atomic E-state index is 0.0906. The molecule has 1 heterocycles. The third-order valence-electron chi connectivity index (χ3n) is 3.69. The third-order valence-corrected chi connectivity index (χ3v) is 3.69. The van der Waals surface area contributed by atoms with Crippen molar-refractivity contribution in [2.75, 3.05) is 33.4 Å². The van der Waals surface area contributed by atoms with Crippen molar-refractivity contribution in [3.8, 4) is 5.75 Å². The number of rotatable bonds is 6. The van der Waals surface area contributed by atoms with Gasteiger partial charge in [0.15, 0.2) is 6.61 Å². The Morgan fingerprint density at radius 3 is 2.67 bits per heavy atom. The number of benzene rings is 1. The fourth-order valence-electron chi connectivity index (χ4n) is 2.47. The molecule has 1 aromatic carbocycles. The summed E-state index contributed by atoms with van der Waals surface area (Å²) in [5.74, 6) is -0.520. The molecule has 6 heteroatoms. The Kier molecular flexibility index (Phi) is 4.80. The number of nitrogens with zero attached hydrogens (tertiary/aromatic N) is 1. The number of likely N-dealkylation sites (tertiary alicyclic amines) is 1. The molecule has 2 rings (SSSR count). The summed E-state index contributed by atoms with van der Waals surface area (Å²) in [6, 6.07) is 9.04. The molecular weight excluding hydrogens is 274 g/mol. The van der Waals surface area contributed by atoms with Crippen LogP contribution in [0.25, 0.3) is 0 Å². The summed E-state index contributed by atoms with van der Waals surface area (Å²) in [7, 11) is 1.47. The van der Waals surface area contributed by atoms with Crippen LogP contribution in [-0.2, 0) is 14.3 Å². The molecule has 0 saturated carbocycles. The molecule has 114 valence electrons. The Balaban J connectivity index is 1.91. The van der Waals surface area contributed by atoms with Gasteiger partial charge in [0.1, 0.15) is 11.2 Å². The normalized spacial score (nSPS) is 21.3. The van der Waals surface area contributed by atoms with Crippen LogP contribution in [0.3, 0.4) is 0 Å². The van der Waals surface area contributed by atoms with Crippen molar-refractivity contribution >= 4 is 11.9 Å². The van der Waals surface area contributed by atoms with E-state index in [2.05, 4.69) is 0 Å². The van der Waals surface area contributed by atoms with Crippen LogP contribution in [0.4, 0.5) is 0 Å². The van der Waals surface area contributed by atoms with Gasteiger partial charge in [0, 0.05) is 20.2 Å². The lowest BCUT2D eigenvalue weighted by molar-refractivity contribution is -0.151. The zero-order chi connectivity index (χ0) is 15.3. The third kappa shape index (κ3) is 3.52. The summed E-state index contributed by atoms with van der Waals surface area (Å²) >= 11 is 0. The van der Waals surface area contributed by atoms with Gasteiger partial charge in [-0.05, 0) is 18.6 Å². The van der Waals surface area contributed by atoms with Gasteiger partial charge in [-0.2, -0.15) is 0 Å². The van der Waals surface area contributed by atoms with Crippen molar-refractivity contribution in [1.82, 2.24) is 4.90 Å². The molecule has 1 amide bonds. The van der Waals surface area contributed by atoms with Crippen LogP contribution in [0.1, 0.15) is 6.42 Å². The highest BCUT2D eigenvalue weighted by molar-refractivity contribution is 5.81. The second-order valence-corrected chi connectivity index (χ2v) is 5.19. The maximum atomic E-state index is 12.1. The first-order valence-electron chi connectivity index (χ1n) is 6.75. The van der Waals surface area contributed by atoms with Gasteiger partial charge in [0.05, 0.1) is 6.61 Å². The molecule has 0 aliphatic carbocycles. The number of amides is 1. The van der Waals surface area contributed by atoms with E-state index in [1.165, 1.54) is 12.0 Å². The van der Waals surface area contributed by atoms with E-state index in [0.29, 0.717) is 18.7 Å². The van der Waals surface area contributed by atoms with E-state index in [1.54, 1.807) is 12.1 Å². The van der Waals surface area contributed by atoms with Gasteiger partial charge in [-0.3, -0.25) is 9.59 Å². The van der Waals surface area contributed by atoms with E-state index in [4.69, 9.17) is 9.47 Å². The fourth-order valence-corrected chi connectivity index (χ4v) is 2.47. The quantitative estimate of drug-likeness (QED) is 0.847. The van der Waals surface area contributed by atoms with Crippen LogP contribution in [-0.4, -0.2) is 55.3 Å². The highest BCUT2D eigenvalue weighted by atomic mass is 16.5. The Morgan fingerprint density at radius 1 is 1.33 bits per heavy atom. The summed E-state index contributed by atoms with van der Waals surface area (Å²) in [5.41, 5.74) is -1.00. The number of methoxy groups -OCH3 is 1. The Bertz CT molecular complexity index is 504. The Labute approximate surface area is 123 Å². The maximum Gasteiger partial charge on any atom is 0.313 e. The lowest BCUT2D eigenvalue weighted by atomic mass is 9.88. The van der Waals surface area contributed by atoms with Crippen molar-refractivity contribution in [1.29, 1.82) is 0 Å². The lowest BCUT2D eigenvalue weighted by Crippen LogP contribution is -2.41. The predicted octanol–water partition coefficient (Wildman–Crippen LogP) is 1.02. The molecule has 0 radical (unpaired) electrons. The zero-order valence-corrected chi connectivity index (χ0v) is 11.9. The molecule has 6 nitrogen and oxygen atoms in total. The number of aliphatic carboxylic acids is 1. The molecule has 1 aliphatic rings. The fraction of sp³-hybridized carbons (Fsp3) is 0.467. The summed E-state index contributed by atoms with van der Waals surface area (Å²) < 4.78 is 10.4. The minimum Gasteiger partial charge on any atom is -0.484 e. The van der Waals surface area contributed by atoms with Gasteiger partial charge in [-0.15, -0.1) is 0 Å². The van der Waals surface area contributed by atoms with Crippen LogP contribution < -0.4 is 4.74 Å². The van der Waals surface area contributed by atoms with E-state index in [-0.39, 0.29) is 25.7 Å². The highest BCUT2D eigenvalue weighted by Crippen LogP contribution is 2.31. The van der Waals surface area contributed by atoms with Crippen molar-refractivity contribution in [2.45, 2.75) is 6.42 Å². The molecule has 1 fully saturated rings. The van der Waals surface area contributed by atoms with Crippen molar-refractivity contribution < 1.29 is 24.2 Å². The van der Waals surface area contributed by atoms with Gasteiger partial charge in [0.25, 0.3) is 5.91 Å². The van der Waals surface area contributed by atoms with Crippen LogP contribution in [0.15, 0.2) is 30.3 Å². The van der Waals surface area contributed by atoms with Crippen LogP contribution >= 0.6 is 0 Å². The minimum atomic E-state index is -1.00. The van der Waals surface area contributed by atoms with Gasteiger partial charge in [-0.25, -0.2) is 0 Å². The van der Waals surface area contributed by atoms with Crippen LogP contribution in [0.2, 0.25) is 0 Å². The van der Waals surface area contributed by atoms with Crippen molar-refractivity contribution in [3.63, 3.8) is 0 Å². The van der Waals surface area contributed by atoms with E-state index in [0.717, 1.165) is 0 Å². The summed E-state index contributed by atoms with van der Waals surface area (Å²) in [4.78, 5) is 25.0. The van der Waals surface area contributed by atoms with E-state index >= 15 is 0 Å². The molecular formula is C15H19NO5. The molecule has 1 aliphatic heterocycles. The summed E-state index contributed by atoms with van der Waals surface area (Å²) in [5, 5.41) is 9.35. The number of hydrogen-bond donors (Lipinski definition) is 1. The van der Waals surface area contributed by atoms with Gasteiger partial charge in [0.2, 0.25) is 0 Å². The molecule has 0 spiro atoms. The first-order chi connectivity index (χ1) is 10.1. The number of carboxylic acids is 1. The molecule has 0 aromatic heterocycles. The first kappa shape index (κ1) is 15.3. The SMILES string of the molecule is COCC1(C(=O)O)CCN(C(=O)COc2ccccc2)C1. The topological polar surface area (TPSA) is 76.1 Å². The van der Waals surface area contributed by atoms with Crippen LogP contribution in [0.5, 0.6) is 5.75 Å². The molecule has 0 bridgehead atoms. The first-order valence-corrected chi connectivity index (χ1v) is 6.75. The number of hydrogen-bond acceptors (Lipinski definition) is 4. The number of carboxylic acid groups (broad SMARTS) is 1. The second kappa shape index (κ2) is 6.58. The molecule has 1 N–H and O–H groups in total. The average molecular weight is 293 g/mol. The highest BCUT2D eigenvalue weighted by Gasteiger charge is 2.46. The molecule has 1 unspecified atom stereocenters. The number of para-hydroxylation sites is 1. The molecule has 1 aromatic rings. The molecule has 1 saturated heterocycles. The largest absolute Gasteiger partial charge is 0.484 e. The van der Waals surface area contributed by atoms with Gasteiger partial charge < -0.3 is 19.5 Å². The average Bonchev–Trinajstić information content (AvgIpc) is 2.92. The van der Waals surface area contributed by atoms with E-state index in [9.17, 15) is 14.7 Å². The number of ether oxygens (including phenoxy) is 2. The van der Waals surface area contributed by atoms with Crippen molar-refractivity contribution in [3.05, 3.63) is 30.3 Å². The predicted molar refractivity (Wildman–Crippen MR) is 75.1 cm³/mol. The zero-order valence-electron chi connectivity index (χ0n) is 11.9. The van der Waals surface area contributed by atoms with Gasteiger partial charge >= 0.3 is 5.97 Å². The number of carbonyl (C=O) groups is 2. The Hall–Kier alpha value is -2.08. The Morgan fingerprint density at radius 2 is 2.05 bits per heavy atom. The lowest BCUT2D eigenvalue weighted by Gasteiger charge is -2.23. The summed E-state index contributed by atoms with van der Waals surface area (Å²) in [6.45, 7) is 0.581. The van der Waals surface area contributed by atoms with E-state index < -0.39 is 11.4 Å². The molecule has 21 heavy (non-hydrogen) atoms. The maximum absolute atomic E-state index is 12.1. The number of carbonyl (C=O) groups excluding carboxylic acids is 1. The van der Waals surface area contributed by atoms with Gasteiger partial charge in [-0.1, -0.05) is 18.2 Å².